The van der Waals surface area contributed by atoms with Crippen molar-refractivity contribution in [3.8, 4) is 33.6 Å². The van der Waals surface area contributed by atoms with Gasteiger partial charge in [0.2, 0.25) is 0 Å². The Hall–Kier alpha value is -6.64. The van der Waals surface area contributed by atoms with Crippen LogP contribution in [-0.2, 0) is 0 Å². The quantitative estimate of drug-likeness (QED) is 0.142. The van der Waals surface area contributed by atoms with E-state index in [0.717, 1.165) is 49.8 Å². The van der Waals surface area contributed by atoms with Crippen LogP contribution in [-0.4, -0.2) is 0 Å². The second-order valence-electron chi connectivity index (χ2n) is 13.1. The molecule has 0 amide bonds. The minimum atomic E-state index is 0.820. The van der Waals surface area contributed by atoms with Crippen LogP contribution in [0.25, 0.3) is 110 Å². The number of hydrogen-bond acceptors (Lipinski definition) is 2. The molecule has 0 spiro atoms. The molecule has 2 heterocycles. The van der Waals surface area contributed by atoms with E-state index in [1.807, 2.05) is 18.2 Å². The summed E-state index contributed by atoms with van der Waals surface area (Å²) in [6, 6.07) is 60.8. The fourth-order valence-corrected chi connectivity index (χ4v) is 8.31. The monoisotopic (exact) mass is 636 g/mol. The first-order valence-electron chi connectivity index (χ1n) is 17.1. The average Bonchev–Trinajstić information content (AvgIpc) is 3.79. The van der Waals surface area contributed by atoms with Crippen LogP contribution >= 0.6 is 0 Å². The summed E-state index contributed by atoms with van der Waals surface area (Å²) in [6.45, 7) is 0. The van der Waals surface area contributed by atoms with Gasteiger partial charge in [0.15, 0.2) is 0 Å². The molecule has 0 saturated carbocycles. The number of hydrogen-bond donors (Lipinski definition) is 0. The molecule has 2 heteroatoms. The van der Waals surface area contributed by atoms with E-state index in [9.17, 15) is 0 Å². The zero-order valence-corrected chi connectivity index (χ0v) is 27.0. The van der Waals surface area contributed by atoms with Crippen LogP contribution in [0.2, 0.25) is 0 Å². The zero-order chi connectivity index (χ0) is 32.8. The predicted molar refractivity (Wildman–Crippen MR) is 210 cm³/mol. The number of furan rings is 2. The van der Waals surface area contributed by atoms with Gasteiger partial charge in [0.05, 0.1) is 5.39 Å². The van der Waals surface area contributed by atoms with E-state index in [4.69, 9.17) is 8.83 Å². The molecule has 0 saturated heterocycles. The SMILES string of the molecule is c1ccc(-c2cc3c(-c4c5ccccc5c(-c5cc6ccccc6c6ccccc56)c5ccccc45)cc4oc5ccccc5c4c3o2)cc1. The van der Waals surface area contributed by atoms with Gasteiger partial charge in [-0.1, -0.05) is 146 Å². The van der Waals surface area contributed by atoms with Crippen molar-refractivity contribution in [2.24, 2.45) is 0 Å². The maximum absolute atomic E-state index is 6.84. The van der Waals surface area contributed by atoms with E-state index in [-0.39, 0.29) is 0 Å². The second-order valence-corrected chi connectivity index (χ2v) is 13.1. The summed E-state index contributed by atoms with van der Waals surface area (Å²) >= 11 is 0. The Labute approximate surface area is 287 Å². The van der Waals surface area contributed by atoms with Crippen molar-refractivity contribution in [2.45, 2.75) is 0 Å². The van der Waals surface area contributed by atoms with Crippen LogP contribution in [0.1, 0.15) is 0 Å². The average molecular weight is 637 g/mol. The second kappa shape index (κ2) is 10.4. The zero-order valence-electron chi connectivity index (χ0n) is 27.0. The summed E-state index contributed by atoms with van der Waals surface area (Å²) in [5.41, 5.74) is 8.33. The lowest BCUT2D eigenvalue weighted by Crippen LogP contribution is -1.92. The largest absolute Gasteiger partial charge is 0.456 e. The van der Waals surface area contributed by atoms with Gasteiger partial charge in [0.25, 0.3) is 0 Å². The highest BCUT2D eigenvalue weighted by molar-refractivity contribution is 6.29. The maximum Gasteiger partial charge on any atom is 0.147 e. The van der Waals surface area contributed by atoms with E-state index >= 15 is 0 Å². The fraction of sp³-hybridized carbons (Fsp3) is 0. The minimum absolute atomic E-state index is 0.820. The smallest absolute Gasteiger partial charge is 0.147 e. The van der Waals surface area contributed by atoms with Crippen LogP contribution in [0.3, 0.4) is 0 Å². The molecule has 11 aromatic rings. The van der Waals surface area contributed by atoms with Gasteiger partial charge in [0, 0.05) is 16.3 Å². The molecule has 0 aliphatic carbocycles. The van der Waals surface area contributed by atoms with Crippen LogP contribution in [0.5, 0.6) is 0 Å². The highest BCUT2D eigenvalue weighted by Crippen LogP contribution is 2.50. The molecule has 11 rings (SSSR count). The van der Waals surface area contributed by atoms with Gasteiger partial charge in [-0.15, -0.1) is 0 Å². The van der Waals surface area contributed by atoms with Crippen LogP contribution < -0.4 is 0 Å². The standard InChI is InChI=1S/C48H28O2/c1-2-14-29(15-3-1)43-28-41-40(27-44-47(48(41)50-43)38-24-12-13-25-42(38)49-44)46-36-22-10-8-20-34(36)45(35-21-9-11-23-37(35)46)39-26-30-16-4-5-17-31(30)32-18-6-7-19-33(32)39/h1-28H. The third-order valence-electron chi connectivity index (χ3n) is 10.4. The van der Waals surface area contributed by atoms with Crippen molar-refractivity contribution >= 4 is 76.0 Å². The van der Waals surface area contributed by atoms with E-state index in [1.54, 1.807) is 0 Å². The van der Waals surface area contributed by atoms with Gasteiger partial charge < -0.3 is 8.83 Å². The summed E-state index contributed by atoms with van der Waals surface area (Å²) in [5, 5.41) is 13.0. The molecule has 0 aliphatic rings. The summed E-state index contributed by atoms with van der Waals surface area (Å²) in [6.07, 6.45) is 0. The Morgan fingerprint density at radius 3 is 1.52 bits per heavy atom. The molecule has 0 unspecified atom stereocenters. The lowest BCUT2D eigenvalue weighted by molar-refractivity contribution is 0.633. The summed E-state index contributed by atoms with van der Waals surface area (Å²) in [5.74, 6) is 0.840. The van der Waals surface area contributed by atoms with Crippen LogP contribution in [0, 0.1) is 0 Å². The van der Waals surface area contributed by atoms with E-state index in [0.29, 0.717) is 0 Å². The first kappa shape index (κ1) is 27.3. The van der Waals surface area contributed by atoms with Crippen molar-refractivity contribution < 1.29 is 8.83 Å². The van der Waals surface area contributed by atoms with Crippen LogP contribution in [0.15, 0.2) is 179 Å². The Bertz CT molecular complexity index is 3080. The van der Waals surface area contributed by atoms with Crippen LogP contribution in [0.4, 0.5) is 0 Å². The molecule has 9 aromatic carbocycles. The van der Waals surface area contributed by atoms with Crippen molar-refractivity contribution in [2.75, 3.05) is 0 Å². The third-order valence-corrected chi connectivity index (χ3v) is 10.4. The number of rotatable bonds is 3. The molecular weight excluding hydrogens is 609 g/mol. The third kappa shape index (κ3) is 3.85. The lowest BCUT2D eigenvalue weighted by Gasteiger charge is -2.20. The molecule has 2 aromatic heterocycles. The topological polar surface area (TPSA) is 26.3 Å². The molecule has 232 valence electrons. The minimum Gasteiger partial charge on any atom is -0.456 e. The first-order valence-corrected chi connectivity index (χ1v) is 17.1. The summed E-state index contributed by atoms with van der Waals surface area (Å²) in [4.78, 5) is 0. The Kier molecular flexibility index (Phi) is 5.70. The van der Waals surface area contributed by atoms with Gasteiger partial charge in [-0.2, -0.15) is 0 Å². The molecule has 50 heavy (non-hydrogen) atoms. The predicted octanol–water partition coefficient (Wildman–Crippen LogP) is 13.9. The van der Waals surface area contributed by atoms with E-state index in [2.05, 4.69) is 152 Å². The Morgan fingerprint density at radius 2 is 0.840 bits per heavy atom. The molecule has 0 fully saturated rings. The summed E-state index contributed by atoms with van der Waals surface area (Å²) in [7, 11) is 0. The van der Waals surface area contributed by atoms with Gasteiger partial charge in [0.1, 0.15) is 22.5 Å². The highest BCUT2D eigenvalue weighted by Gasteiger charge is 2.24. The number of para-hydroxylation sites is 1. The van der Waals surface area contributed by atoms with Gasteiger partial charge in [-0.3, -0.25) is 0 Å². The first-order chi connectivity index (χ1) is 24.8. The normalized spacial score (nSPS) is 12.0. The molecule has 2 nitrogen and oxygen atoms in total. The Morgan fingerprint density at radius 1 is 0.320 bits per heavy atom. The number of benzene rings is 9. The molecule has 0 bridgehead atoms. The van der Waals surface area contributed by atoms with Gasteiger partial charge in [-0.25, -0.2) is 0 Å². The molecule has 0 N–H and O–H groups in total. The van der Waals surface area contributed by atoms with E-state index in [1.165, 1.54) is 59.8 Å². The number of fused-ring (bicyclic) bond motifs is 10. The van der Waals surface area contributed by atoms with E-state index < -0.39 is 0 Å². The Balaban J connectivity index is 1.31. The lowest BCUT2D eigenvalue weighted by atomic mass is 9.83. The van der Waals surface area contributed by atoms with Crippen molar-refractivity contribution in [1.29, 1.82) is 0 Å². The van der Waals surface area contributed by atoms with Crippen molar-refractivity contribution in [3.05, 3.63) is 170 Å². The molecular formula is C48H28O2. The summed E-state index contributed by atoms with van der Waals surface area (Å²) < 4.78 is 13.4. The fourth-order valence-electron chi connectivity index (χ4n) is 8.31. The maximum atomic E-state index is 6.84. The van der Waals surface area contributed by atoms with Crippen molar-refractivity contribution in [1.82, 2.24) is 0 Å². The molecule has 0 aliphatic heterocycles. The highest BCUT2D eigenvalue weighted by atomic mass is 16.3. The van der Waals surface area contributed by atoms with Gasteiger partial charge >= 0.3 is 0 Å². The van der Waals surface area contributed by atoms with Gasteiger partial charge in [-0.05, 0) is 89.6 Å². The molecule has 0 radical (unpaired) electrons. The van der Waals surface area contributed by atoms with Crippen molar-refractivity contribution in [3.63, 3.8) is 0 Å². The molecule has 0 atom stereocenters.